The van der Waals surface area contributed by atoms with Crippen LogP contribution in [0.15, 0.2) is 54.7 Å². The molecule has 0 fully saturated rings. The zero-order valence-corrected chi connectivity index (χ0v) is 14.2. The Bertz CT molecular complexity index is 706. The third-order valence-electron chi connectivity index (χ3n) is 5.16. The molecule has 0 bridgehead atoms. The molecule has 3 atom stereocenters. The maximum Gasteiger partial charge on any atom is 0.147 e. The number of benzene rings is 2. The fourth-order valence-electron chi connectivity index (χ4n) is 3.50. The normalized spacial score (nSPS) is 24.8. The maximum atomic E-state index is 6.57. The summed E-state index contributed by atoms with van der Waals surface area (Å²) >= 11 is 6.57. The Morgan fingerprint density at radius 3 is 2.36 bits per heavy atom. The molecule has 2 unspecified atom stereocenters. The lowest BCUT2D eigenvalue weighted by Crippen LogP contribution is -2.50. The second-order valence-electron chi connectivity index (χ2n) is 6.35. The maximum absolute atomic E-state index is 6.57. The standard InChI is InChI=1S/C20H23ClN/c1-4-15(2)22(3)14-13-16-9-5-6-10-17(16)20(22)18-11-7-8-12-19(18)21/h5-15,20H,4H2,1-3H3/q+1/t15-,20?,22?/m0/s1. The minimum atomic E-state index is 0.241. The summed E-state index contributed by atoms with van der Waals surface area (Å²) in [4.78, 5) is 0. The quantitative estimate of drug-likeness (QED) is 0.642. The summed E-state index contributed by atoms with van der Waals surface area (Å²) in [5.74, 6) is 0. The fraction of sp³-hybridized carbons (Fsp3) is 0.300. The van der Waals surface area contributed by atoms with E-state index in [0.717, 1.165) is 15.9 Å². The van der Waals surface area contributed by atoms with Crippen molar-refractivity contribution in [2.75, 3.05) is 7.05 Å². The Balaban J connectivity index is 2.24. The molecular formula is C20H23ClN+. The number of hydrogen-bond acceptors (Lipinski definition) is 0. The van der Waals surface area contributed by atoms with E-state index in [1.54, 1.807) is 0 Å². The van der Waals surface area contributed by atoms with Crippen LogP contribution >= 0.6 is 11.6 Å². The van der Waals surface area contributed by atoms with Gasteiger partial charge in [0, 0.05) is 11.1 Å². The van der Waals surface area contributed by atoms with Crippen LogP contribution < -0.4 is 0 Å². The molecule has 2 aromatic rings. The number of quaternary nitrogens is 1. The largest absolute Gasteiger partial charge is 0.287 e. The average Bonchev–Trinajstić information content (AvgIpc) is 2.55. The molecule has 1 aliphatic heterocycles. The Hall–Kier alpha value is -1.57. The number of nitrogens with zero attached hydrogens (tertiary/aromatic N) is 1. The van der Waals surface area contributed by atoms with E-state index in [9.17, 15) is 0 Å². The van der Waals surface area contributed by atoms with Crippen molar-refractivity contribution in [1.29, 1.82) is 0 Å². The molecule has 1 heterocycles. The first-order valence-corrected chi connectivity index (χ1v) is 8.34. The van der Waals surface area contributed by atoms with Crippen LogP contribution in [0.2, 0.25) is 5.02 Å². The van der Waals surface area contributed by atoms with Crippen molar-refractivity contribution in [3.8, 4) is 0 Å². The van der Waals surface area contributed by atoms with Crippen LogP contribution in [0, 0.1) is 0 Å². The third-order valence-corrected chi connectivity index (χ3v) is 5.51. The molecule has 0 amide bonds. The second-order valence-corrected chi connectivity index (χ2v) is 6.75. The molecule has 1 aliphatic rings. The molecule has 0 saturated carbocycles. The van der Waals surface area contributed by atoms with Crippen molar-refractivity contribution >= 4 is 17.7 Å². The minimum absolute atomic E-state index is 0.241. The molecule has 2 heteroatoms. The van der Waals surface area contributed by atoms with E-state index in [4.69, 9.17) is 11.6 Å². The van der Waals surface area contributed by atoms with Gasteiger partial charge in [0.15, 0.2) is 0 Å². The van der Waals surface area contributed by atoms with E-state index in [2.05, 4.69) is 69.6 Å². The predicted molar refractivity (Wildman–Crippen MR) is 94.7 cm³/mol. The molecule has 0 radical (unpaired) electrons. The van der Waals surface area contributed by atoms with E-state index < -0.39 is 0 Å². The van der Waals surface area contributed by atoms with Gasteiger partial charge >= 0.3 is 0 Å². The van der Waals surface area contributed by atoms with Crippen LogP contribution in [0.25, 0.3) is 6.08 Å². The first-order chi connectivity index (χ1) is 10.6. The third kappa shape index (κ3) is 2.39. The molecular weight excluding hydrogens is 290 g/mol. The van der Waals surface area contributed by atoms with Crippen molar-refractivity contribution in [3.05, 3.63) is 76.4 Å². The Labute approximate surface area is 138 Å². The zero-order chi connectivity index (χ0) is 15.7. The molecule has 114 valence electrons. The number of halogens is 1. The van der Waals surface area contributed by atoms with Gasteiger partial charge in [-0.05, 0) is 31.1 Å². The summed E-state index contributed by atoms with van der Waals surface area (Å²) in [6.07, 6.45) is 5.73. The van der Waals surface area contributed by atoms with E-state index in [0.29, 0.717) is 6.04 Å². The highest BCUT2D eigenvalue weighted by atomic mass is 35.5. The van der Waals surface area contributed by atoms with Gasteiger partial charge in [-0.25, -0.2) is 0 Å². The molecule has 0 aromatic heterocycles. The van der Waals surface area contributed by atoms with E-state index in [-0.39, 0.29) is 6.04 Å². The van der Waals surface area contributed by atoms with Crippen molar-refractivity contribution in [2.45, 2.75) is 32.4 Å². The Morgan fingerprint density at radius 1 is 1.05 bits per heavy atom. The van der Waals surface area contributed by atoms with Crippen molar-refractivity contribution in [3.63, 3.8) is 0 Å². The van der Waals surface area contributed by atoms with Crippen molar-refractivity contribution < 1.29 is 4.48 Å². The van der Waals surface area contributed by atoms with Crippen LogP contribution in [0.4, 0.5) is 0 Å². The summed E-state index contributed by atoms with van der Waals surface area (Å²) in [5.41, 5.74) is 3.87. The lowest BCUT2D eigenvalue weighted by molar-refractivity contribution is -0.908. The summed E-state index contributed by atoms with van der Waals surface area (Å²) in [7, 11) is 2.31. The molecule has 3 rings (SSSR count). The van der Waals surface area contributed by atoms with E-state index in [1.165, 1.54) is 16.7 Å². The van der Waals surface area contributed by atoms with E-state index >= 15 is 0 Å². The molecule has 0 aliphatic carbocycles. The van der Waals surface area contributed by atoms with Gasteiger partial charge in [-0.2, -0.15) is 0 Å². The lowest BCUT2D eigenvalue weighted by Gasteiger charge is -2.45. The smallest absolute Gasteiger partial charge is 0.147 e. The van der Waals surface area contributed by atoms with Gasteiger partial charge in [-0.3, -0.25) is 4.48 Å². The highest BCUT2D eigenvalue weighted by Crippen LogP contribution is 2.44. The average molecular weight is 313 g/mol. The minimum Gasteiger partial charge on any atom is -0.287 e. The number of fused-ring (bicyclic) bond motifs is 1. The van der Waals surface area contributed by atoms with Gasteiger partial charge in [0.1, 0.15) is 6.04 Å². The van der Waals surface area contributed by atoms with Gasteiger partial charge in [0.05, 0.1) is 24.3 Å². The van der Waals surface area contributed by atoms with Crippen LogP contribution in [0.1, 0.15) is 43.0 Å². The van der Waals surface area contributed by atoms with Crippen LogP contribution in [-0.4, -0.2) is 17.6 Å². The number of rotatable bonds is 3. The summed E-state index contributed by atoms with van der Waals surface area (Å²) in [6, 6.07) is 17.7. The van der Waals surface area contributed by atoms with Crippen LogP contribution in [0.3, 0.4) is 0 Å². The molecule has 22 heavy (non-hydrogen) atoms. The highest BCUT2D eigenvalue weighted by Gasteiger charge is 2.41. The summed E-state index contributed by atoms with van der Waals surface area (Å²) in [6.45, 7) is 4.58. The second kappa shape index (κ2) is 5.91. The first-order valence-electron chi connectivity index (χ1n) is 7.96. The van der Waals surface area contributed by atoms with Gasteiger partial charge in [0.2, 0.25) is 0 Å². The van der Waals surface area contributed by atoms with Crippen molar-refractivity contribution in [1.82, 2.24) is 0 Å². The van der Waals surface area contributed by atoms with Gasteiger partial charge < -0.3 is 0 Å². The molecule has 0 saturated heterocycles. The van der Waals surface area contributed by atoms with Crippen LogP contribution in [-0.2, 0) is 0 Å². The number of hydrogen-bond donors (Lipinski definition) is 0. The first kappa shape index (κ1) is 15.3. The Kier molecular flexibility index (Phi) is 4.12. The molecule has 1 nitrogen and oxygen atoms in total. The van der Waals surface area contributed by atoms with Crippen LogP contribution in [0.5, 0.6) is 0 Å². The topological polar surface area (TPSA) is 0 Å². The lowest BCUT2D eigenvalue weighted by atomic mass is 9.87. The van der Waals surface area contributed by atoms with Gasteiger partial charge in [0.25, 0.3) is 0 Å². The zero-order valence-electron chi connectivity index (χ0n) is 13.5. The van der Waals surface area contributed by atoms with Crippen molar-refractivity contribution in [2.24, 2.45) is 0 Å². The Morgan fingerprint density at radius 2 is 1.68 bits per heavy atom. The SMILES string of the molecule is CC[C@H](C)[N+]1(C)C=Cc2ccccc2C1c1ccccc1Cl. The molecule has 2 aromatic carbocycles. The summed E-state index contributed by atoms with van der Waals surface area (Å²) < 4.78 is 0.858. The fourth-order valence-corrected chi connectivity index (χ4v) is 3.74. The van der Waals surface area contributed by atoms with Gasteiger partial charge in [-0.1, -0.05) is 61.0 Å². The monoisotopic (exact) mass is 312 g/mol. The summed E-state index contributed by atoms with van der Waals surface area (Å²) in [5, 5.41) is 0.852. The van der Waals surface area contributed by atoms with Gasteiger partial charge in [-0.15, -0.1) is 0 Å². The highest BCUT2D eigenvalue weighted by molar-refractivity contribution is 6.31. The van der Waals surface area contributed by atoms with E-state index in [1.807, 2.05) is 12.1 Å². The molecule has 0 N–H and O–H groups in total. The predicted octanol–water partition coefficient (Wildman–Crippen LogP) is 5.66. The molecule has 0 spiro atoms.